The Morgan fingerprint density at radius 1 is 0.906 bits per heavy atom. The number of carboxylic acid groups (broad SMARTS) is 1. The lowest BCUT2D eigenvalue weighted by atomic mass is 9.62. The van der Waals surface area contributed by atoms with Crippen LogP contribution in [0.1, 0.15) is 41.9 Å². The van der Waals surface area contributed by atoms with Gasteiger partial charge in [0.2, 0.25) is 5.91 Å². The largest absolute Gasteiger partial charge is 0.480 e. The molecule has 0 bridgehead atoms. The van der Waals surface area contributed by atoms with Gasteiger partial charge in [-0.05, 0) is 41.7 Å². The molecule has 2 N–H and O–H groups in total. The average Bonchev–Trinajstić information content (AvgIpc) is 2.84. The smallest absolute Gasteiger partial charge is 0.320 e. The second-order valence-electron chi connectivity index (χ2n) is 8.28. The summed E-state index contributed by atoms with van der Waals surface area (Å²) in [5, 5.41) is 13.5. The summed E-state index contributed by atoms with van der Waals surface area (Å²) in [4.78, 5) is 26.7. The number of rotatable bonds is 6. The molecule has 3 atom stereocenters. The van der Waals surface area contributed by atoms with Crippen LogP contribution in [0.5, 0.6) is 0 Å². The van der Waals surface area contributed by atoms with E-state index in [0.717, 1.165) is 23.1 Å². The number of carbonyl (C=O) groups excluding carboxylic acids is 1. The van der Waals surface area contributed by atoms with E-state index in [1.807, 2.05) is 97.9 Å². The summed E-state index contributed by atoms with van der Waals surface area (Å²) in [5.74, 6) is -2.34. The SMILES string of the molecule is CCc1cccc(NC(=O)C2(C(=O)O)CC(c3ccccc3)C=CC2c2ccccc2)c1. The van der Waals surface area contributed by atoms with E-state index in [0.29, 0.717) is 5.69 Å². The number of carbonyl (C=O) groups is 2. The average molecular weight is 426 g/mol. The standard InChI is InChI=1S/C28H27NO3/c1-2-20-10-9-15-24(18-20)29-26(30)28(27(31)32)19-23(21-11-5-3-6-12-21)16-17-25(28)22-13-7-4-8-14-22/h3-18,23,25H,2,19H2,1H3,(H,29,30)(H,31,32). The Labute approximate surface area is 188 Å². The van der Waals surface area contributed by atoms with Crippen LogP contribution in [-0.4, -0.2) is 17.0 Å². The van der Waals surface area contributed by atoms with Crippen LogP contribution in [0.2, 0.25) is 0 Å². The molecule has 4 nitrogen and oxygen atoms in total. The third-order valence-corrected chi connectivity index (χ3v) is 6.38. The van der Waals surface area contributed by atoms with Crippen LogP contribution in [0.3, 0.4) is 0 Å². The summed E-state index contributed by atoms with van der Waals surface area (Å²) in [6, 6.07) is 26.8. The maximum Gasteiger partial charge on any atom is 0.320 e. The number of carboxylic acids is 1. The molecule has 0 saturated heterocycles. The Kier molecular flexibility index (Phi) is 6.22. The van der Waals surface area contributed by atoms with E-state index in [9.17, 15) is 14.7 Å². The van der Waals surface area contributed by atoms with Crippen LogP contribution < -0.4 is 5.32 Å². The number of hydrogen-bond acceptors (Lipinski definition) is 2. The summed E-state index contributed by atoms with van der Waals surface area (Å²) in [7, 11) is 0. The van der Waals surface area contributed by atoms with E-state index < -0.39 is 23.2 Å². The highest BCUT2D eigenvalue weighted by atomic mass is 16.4. The third-order valence-electron chi connectivity index (χ3n) is 6.38. The van der Waals surface area contributed by atoms with E-state index in [1.165, 1.54) is 0 Å². The zero-order valence-corrected chi connectivity index (χ0v) is 18.1. The molecule has 0 spiro atoms. The fourth-order valence-corrected chi connectivity index (χ4v) is 4.60. The summed E-state index contributed by atoms with van der Waals surface area (Å²) in [6.07, 6.45) is 4.95. The molecule has 1 amide bonds. The van der Waals surface area contributed by atoms with Gasteiger partial charge in [0.15, 0.2) is 5.41 Å². The molecular formula is C28H27NO3. The number of hydrogen-bond donors (Lipinski definition) is 2. The quantitative estimate of drug-likeness (QED) is 0.388. The first-order valence-electron chi connectivity index (χ1n) is 11.0. The van der Waals surface area contributed by atoms with Crippen LogP contribution in [0, 0.1) is 5.41 Å². The Bertz CT molecular complexity index is 1120. The van der Waals surface area contributed by atoms with Gasteiger partial charge in [0.1, 0.15) is 0 Å². The zero-order chi connectivity index (χ0) is 22.6. The summed E-state index contributed by atoms with van der Waals surface area (Å²) >= 11 is 0. The van der Waals surface area contributed by atoms with Gasteiger partial charge in [-0.1, -0.05) is 91.9 Å². The van der Waals surface area contributed by atoms with E-state index in [1.54, 1.807) is 6.07 Å². The van der Waals surface area contributed by atoms with Gasteiger partial charge in [-0.3, -0.25) is 9.59 Å². The second kappa shape index (κ2) is 9.23. The molecule has 0 radical (unpaired) electrons. The fraction of sp³-hybridized carbons (Fsp3) is 0.214. The van der Waals surface area contributed by atoms with Gasteiger partial charge >= 0.3 is 5.97 Å². The highest BCUT2D eigenvalue weighted by molar-refractivity contribution is 6.10. The first kappa shape index (κ1) is 21.6. The summed E-state index contributed by atoms with van der Waals surface area (Å²) in [6.45, 7) is 2.04. The number of aryl methyl sites for hydroxylation is 1. The molecule has 162 valence electrons. The molecule has 3 aromatic rings. The maximum absolute atomic E-state index is 13.8. The van der Waals surface area contributed by atoms with Gasteiger partial charge in [0, 0.05) is 17.5 Å². The van der Waals surface area contributed by atoms with Gasteiger partial charge in [-0.2, -0.15) is 0 Å². The lowest BCUT2D eigenvalue weighted by molar-refractivity contribution is -0.156. The monoisotopic (exact) mass is 425 g/mol. The minimum atomic E-state index is -1.64. The lowest BCUT2D eigenvalue weighted by Crippen LogP contribution is -2.49. The van der Waals surface area contributed by atoms with Crippen LogP contribution in [0.15, 0.2) is 97.1 Å². The van der Waals surface area contributed by atoms with Crippen molar-refractivity contribution in [1.82, 2.24) is 0 Å². The molecular weight excluding hydrogens is 398 g/mol. The zero-order valence-electron chi connectivity index (χ0n) is 18.1. The van der Waals surface area contributed by atoms with Crippen molar-refractivity contribution in [3.63, 3.8) is 0 Å². The number of aliphatic carboxylic acids is 1. The molecule has 4 rings (SSSR count). The van der Waals surface area contributed by atoms with Gasteiger partial charge in [0.05, 0.1) is 0 Å². The molecule has 0 fully saturated rings. The first-order valence-corrected chi connectivity index (χ1v) is 11.0. The maximum atomic E-state index is 13.8. The highest BCUT2D eigenvalue weighted by Crippen LogP contribution is 2.49. The van der Waals surface area contributed by atoms with E-state index in [4.69, 9.17) is 0 Å². The van der Waals surface area contributed by atoms with E-state index in [-0.39, 0.29) is 12.3 Å². The normalized spacial score (nSPS) is 22.3. The van der Waals surface area contributed by atoms with Crippen LogP contribution in [-0.2, 0) is 16.0 Å². The van der Waals surface area contributed by atoms with Crippen molar-refractivity contribution in [3.8, 4) is 0 Å². The minimum Gasteiger partial charge on any atom is -0.480 e. The van der Waals surface area contributed by atoms with Gasteiger partial charge < -0.3 is 10.4 Å². The Morgan fingerprint density at radius 2 is 1.56 bits per heavy atom. The second-order valence-corrected chi connectivity index (χ2v) is 8.28. The molecule has 0 saturated carbocycles. The lowest BCUT2D eigenvalue weighted by Gasteiger charge is -2.40. The van der Waals surface area contributed by atoms with Crippen molar-refractivity contribution < 1.29 is 14.7 Å². The van der Waals surface area contributed by atoms with E-state index in [2.05, 4.69) is 5.32 Å². The van der Waals surface area contributed by atoms with Crippen LogP contribution >= 0.6 is 0 Å². The Morgan fingerprint density at radius 3 is 2.19 bits per heavy atom. The molecule has 32 heavy (non-hydrogen) atoms. The van der Waals surface area contributed by atoms with Crippen molar-refractivity contribution in [2.75, 3.05) is 5.32 Å². The molecule has 3 unspecified atom stereocenters. The molecule has 3 aromatic carbocycles. The van der Waals surface area contributed by atoms with Crippen molar-refractivity contribution in [1.29, 1.82) is 0 Å². The Balaban J connectivity index is 1.79. The number of allylic oxidation sites excluding steroid dienone is 2. The van der Waals surface area contributed by atoms with Crippen molar-refractivity contribution in [2.24, 2.45) is 5.41 Å². The molecule has 1 aliphatic carbocycles. The predicted octanol–water partition coefficient (Wildman–Crippen LogP) is 5.79. The minimum absolute atomic E-state index is 0.167. The molecule has 1 aliphatic rings. The van der Waals surface area contributed by atoms with Crippen LogP contribution in [0.4, 0.5) is 5.69 Å². The number of benzene rings is 3. The molecule has 0 aliphatic heterocycles. The van der Waals surface area contributed by atoms with E-state index >= 15 is 0 Å². The first-order chi connectivity index (χ1) is 15.5. The molecule has 4 heteroatoms. The molecule has 0 heterocycles. The van der Waals surface area contributed by atoms with Gasteiger partial charge in [-0.15, -0.1) is 0 Å². The summed E-state index contributed by atoms with van der Waals surface area (Å²) < 4.78 is 0. The van der Waals surface area contributed by atoms with Crippen molar-refractivity contribution in [3.05, 3.63) is 114 Å². The topological polar surface area (TPSA) is 66.4 Å². The number of anilines is 1. The fourth-order valence-electron chi connectivity index (χ4n) is 4.60. The Hall–Kier alpha value is -3.66. The number of amides is 1. The van der Waals surface area contributed by atoms with Crippen molar-refractivity contribution in [2.45, 2.75) is 31.6 Å². The predicted molar refractivity (Wildman–Crippen MR) is 127 cm³/mol. The summed E-state index contributed by atoms with van der Waals surface area (Å²) in [5.41, 5.74) is 1.88. The van der Waals surface area contributed by atoms with Crippen molar-refractivity contribution >= 4 is 17.6 Å². The third kappa shape index (κ3) is 4.09. The number of nitrogens with one attached hydrogen (secondary N) is 1. The van der Waals surface area contributed by atoms with Gasteiger partial charge in [-0.25, -0.2) is 0 Å². The van der Waals surface area contributed by atoms with Gasteiger partial charge in [0.25, 0.3) is 0 Å². The van der Waals surface area contributed by atoms with Crippen LogP contribution in [0.25, 0.3) is 0 Å². The highest BCUT2D eigenvalue weighted by Gasteiger charge is 2.54. The molecule has 0 aromatic heterocycles.